The summed E-state index contributed by atoms with van der Waals surface area (Å²) in [4.78, 5) is 12.7. The molecule has 0 radical (unpaired) electrons. The summed E-state index contributed by atoms with van der Waals surface area (Å²) in [6.45, 7) is 1.64. The Morgan fingerprint density at radius 3 is 2.10 bits per heavy atom. The molecule has 0 spiro atoms. The molecule has 2 aromatic rings. The van der Waals surface area contributed by atoms with E-state index in [0.29, 0.717) is 11.4 Å². The molecule has 0 saturated heterocycles. The molecule has 0 fully saturated rings. The van der Waals surface area contributed by atoms with Gasteiger partial charge >= 0.3 is 0 Å². The number of rotatable bonds is 5. The van der Waals surface area contributed by atoms with E-state index in [2.05, 4.69) is 5.32 Å². The van der Waals surface area contributed by atoms with Crippen LogP contribution in [-0.4, -0.2) is 18.2 Å². The summed E-state index contributed by atoms with van der Waals surface area (Å²) in [5.41, 5.74) is 6.20. The van der Waals surface area contributed by atoms with Gasteiger partial charge in [0.25, 0.3) is 0 Å². The maximum Gasteiger partial charge on any atom is 0.240 e. The van der Waals surface area contributed by atoms with E-state index in [-0.39, 0.29) is 5.91 Å². The molecule has 2 rings (SSSR count). The van der Waals surface area contributed by atoms with Crippen LogP contribution in [0.5, 0.6) is 11.5 Å². The summed E-state index contributed by atoms with van der Waals surface area (Å²) in [5, 5.41) is 2.73. The zero-order valence-electron chi connectivity index (χ0n) is 12.0. The fourth-order valence-corrected chi connectivity index (χ4v) is 2.05. The first kappa shape index (κ1) is 15.4. The highest BCUT2D eigenvalue weighted by molar-refractivity contribution is 7.98. The van der Waals surface area contributed by atoms with E-state index in [0.717, 1.165) is 5.75 Å². The Balaban J connectivity index is 2.00. The Morgan fingerprint density at radius 2 is 1.62 bits per heavy atom. The van der Waals surface area contributed by atoms with Gasteiger partial charge in [-0.25, -0.2) is 0 Å². The topological polar surface area (TPSA) is 64.3 Å². The second kappa shape index (κ2) is 7.15. The summed E-state index contributed by atoms with van der Waals surface area (Å²) in [6, 6.07) is 14.5. The lowest BCUT2D eigenvalue weighted by Crippen LogP contribution is -2.32. The number of carbonyl (C=O) groups is 1. The largest absolute Gasteiger partial charge is 0.457 e. The van der Waals surface area contributed by atoms with Gasteiger partial charge in [-0.1, -0.05) is 0 Å². The molecule has 4 nitrogen and oxygen atoms in total. The molecule has 5 heteroatoms. The fraction of sp³-hybridized carbons (Fsp3) is 0.188. The van der Waals surface area contributed by atoms with Gasteiger partial charge in [-0.05, 0) is 61.7 Å². The predicted octanol–water partition coefficient (Wildman–Crippen LogP) is 3.49. The molecule has 0 aliphatic carbocycles. The van der Waals surface area contributed by atoms with Crippen molar-refractivity contribution in [3.05, 3.63) is 48.5 Å². The van der Waals surface area contributed by atoms with Crippen LogP contribution in [-0.2, 0) is 4.79 Å². The SMILES string of the molecule is CSc1ccc(Oc2ccc(NC(=O)C(C)N)cc2)cc1. The van der Waals surface area contributed by atoms with Crippen LogP contribution in [0.3, 0.4) is 0 Å². The van der Waals surface area contributed by atoms with E-state index in [1.165, 1.54) is 4.90 Å². The molecule has 110 valence electrons. The highest BCUT2D eigenvalue weighted by Gasteiger charge is 2.07. The van der Waals surface area contributed by atoms with Crippen LogP contribution >= 0.6 is 11.8 Å². The van der Waals surface area contributed by atoms with Crippen molar-refractivity contribution in [2.75, 3.05) is 11.6 Å². The third kappa shape index (κ3) is 4.51. The maximum atomic E-state index is 11.5. The highest BCUT2D eigenvalue weighted by atomic mass is 32.2. The molecule has 0 aliphatic heterocycles. The molecule has 0 saturated carbocycles. The number of nitrogens with one attached hydrogen (secondary N) is 1. The Labute approximate surface area is 128 Å². The number of amides is 1. The first-order chi connectivity index (χ1) is 10.1. The van der Waals surface area contributed by atoms with Gasteiger partial charge in [-0.2, -0.15) is 0 Å². The van der Waals surface area contributed by atoms with E-state index >= 15 is 0 Å². The van der Waals surface area contributed by atoms with Crippen LogP contribution in [0.2, 0.25) is 0 Å². The minimum atomic E-state index is -0.532. The summed E-state index contributed by atoms with van der Waals surface area (Å²) < 4.78 is 5.74. The van der Waals surface area contributed by atoms with Gasteiger partial charge in [0.05, 0.1) is 6.04 Å². The lowest BCUT2D eigenvalue weighted by molar-refractivity contribution is -0.117. The molecule has 0 heterocycles. The molecular formula is C16H18N2O2S. The van der Waals surface area contributed by atoms with Crippen LogP contribution < -0.4 is 15.8 Å². The van der Waals surface area contributed by atoms with Gasteiger partial charge in [-0.15, -0.1) is 11.8 Å². The van der Waals surface area contributed by atoms with Gasteiger partial charge in [0.15, 0.2) is 0 Å². The smallest absolute Gasteiger partial charge is 0.240 e. The second-order valence-electron chi connectivity index (χ2n) is 4.58. The average Bonchev–Trinajstić information content (AvgIpc) is 2.50. The summed E-state index contributed by atoms with van der Waals surface area (Å²) in [7, 11) is 0. The Kier molecular flexibility index (Phi) is 5.25. The number of benzene rings is 2. The van der Waals surface area contributed by atoms with Crippen LogP contribution in [0.1, 0.15) is 6.92 Å². The van der Waals surface area contributed by atoms with Crippen LogP contribution in [0.15, 0.2) is 53.4 Å². The minimum Gasteiger partial charge on any atom is -0.457 e. The highest BCUT2D eigenvalue weighted by Crippen LogP contribution is 2.25. The molecular weight excluding hydrogens is 284 g/mol. The Bertz CT molecular complexity index is 595. The Morgan fingerprint density at radius 1 is 1.10 bits per heavy atom. The van der Waals surface area contributed by atoms with Gasteiger partial charge in [-0.3, -0.25) is 4.79 Å². The molecule has 2 aromatic carbocycles. The van der Waals surface area contributed by atoms with Crippen molar-refractivity contribution in [3.8, 4) is 11.5 Å². The van der Waals surface area contributed by atoms with Crippen LogP contribution in [0, 0.1) is 0 Å². The zero-order chi connectivity index (χ0) is 15.2. The van der Waals surface area contributed by atoms with Gasteiger partial charge in [0, 0.05) is 10.6 Å². The molecule has 1 atom stereocenters. The van der Waals surface area contributed by atoms with Crippen molar-refractivity contribution in [1.29, 1.82) is 0 Å². The van der Waals surface area contributed by atoms with E-state index in [1.807, 2.05) is 30.5 Å². The van der Waals surface area contributed by atoms with Crippen molar-refractivity contribution in [2.45, 2.75) is 17.9 Å². The number of nitrogens with two attached hydrogens (primary N) is 1. The molecule has 0 bridgehead atoms. The predicted molar refractivity (Wildman–Crippen MR) is 87.0 cm³/mol. The van der Waals surface area contributed by atoms with E-state index < -0.39 is 6.04 Å². The summed E-state index contributed by atoms with van der Waals surface area (Å²) >= 11 is 1.69. The van der Waals surface area contributed by atoms with Gasteiger partial charge in [0.2, 0.25) is 5.91 Å². The van der Waals surface area contributed by atoms with Crippen molar-refractivity contribution >= 4 is 23.4 Å². The zero-order valence-corrected chi connectivity index (χ0v) is 12.8. The Hall–Kier alpha value is -1.98. The second-order valence-corrected chi connectivity index (χ2v) is 5.46. The third-order valence-electron chi connectivity index (χ3n) is 2.83. The van der Waals surface area contributed by atoms with E-state index in [4.69, 9.17) is 10.5 Å². The standard InChI is InChI=1S/C16H18N2O2S/c1-11(17)16(19)18-12-3-5-13(6-4-12)20-14-7-9-15(21-2)10-8-14/h3-11H,17H2,1-2H3,(H,18,19). The first-order valence-corrected chi connectivity index (χ1v) is 7.79. The number of hydrogen-bond acceptors (Lipinski definition) is 4. The quantitative estimate of drug-likeness (QED) is 0.830. The van der Waals surface area contributed by atoms with Crippen LogP contribution in [0.4, 0.5) is 5.69 Å². The monoisotopic (exact) mass is 302 g/mol. The molecule has 1 unspecified atom stereocenters. The third-order valence-corrected chi connectivity index (χ3v) is 3.57. The van der Waals surface area contributed by atoms with E-state index in [1.54, 1.807) is 43.0 Å². The normalized spacial score (nSPS) is 11.8. The minimum absolute atomic E-state index is 0.212. The molecule has 21 heavy (non-hydrogen) atoms. The van der Waals surface area contributed by atoms with Crippen molar-refractivity contribution in [2.24, 2.45) is 5.73 Å². The van der Waals surface area contributed by atoms with Gasteiger partial charge in [0.1, 0.15) is 11.5 Å². The lowest BCUT2D eigenvalue weighted by atomic mass is 10.2. The summed E-state index contributed by atoms with van der Waals surface area (Å²) in [6.07, 6.45) is 2.03. The first-order valence-electron chi connectivity index (χ1n) is 6.57. The van der Waals surface area contributed by atoms with E-state index in [9.17, 15) is 4.79 Å². The van der Waals surface area contributed by atoms with Crippen molar-refractivity contribution in [3.63, 3.8) is 0 Å². The number of ether oxygens (including phenoxy) is 1. The number of carbonyl (C=O) groups excluding carboxylic acids is 1. The number of hydrogen-bond donors (Lipinski definition) is 2. The van der Waals surface area contributed by atoms with Crippen molar-refractivity contribution in [1.82, 2.24) is 0 Å². The number of thioether (sulfide) groups is 1. The van der Waals surface area contributed by atoms with Crippen LogP contribution in [0.25, 0.3) is 0 Å². The average molecular weight is 302 g/mol. The molecule has 3 N–H and O–H groups in total. The molecule has 1 amide bonds. The maximum absolute atomic E-state index is 11.5. The molecule has 0 aromatic heterocycles. The molecule has 0 aliphatic rings. The van der Waals surface area contributed by atoms with Crippen molar-refractivity contribution < 1.29 is 9.53 Å². The summed E-state index contributed by atoms with van der Waals surface area (Å²) in [5.74, 6) is 1.28. The van der Waals surface area contributed by atoms with Gasteiger partial charge < -0.3 is 15.8 Å². The number of anilines is 1. The lowest BCUT2D eigenvalue weighted by Gasteiger charge is -2.09. The fourth-order valence-electron chi connectivity index (χ4n) is 1.64.